The van der Waals surface area contributed by atoms with Gasteiger partial charge in [-0.2, -0.15) is 0 Å². The summed E-state index contributed by atoms with van der Waals surface area (Å²) in [6, 6.07) is 0.242. The number of carbonyl (C=O) groups is 1. The van der Waals surface area contributed by atoms with Crippen LogP contribution in [0.1, 0.15) is 72.1 Å². The van der Waals surface area contributed by atoms with Crippen molar-refractivity contribution in [1.29, 1.82) is 0 Å². The zero-order valence-electron chi connectivity index (χ0n) is 14.2. The van der Waals surface area contributed by atoms with Gasteiger partial charge in [-0.15, -0.1) is 0 Å². The van der Waals surface area contributed by atoms with Crippen LogP contribution in [0.15, 0.2) is 0 Å². The molecule has 0 spiro atoms. The van der Waals surface area contributed by atoms with Crippen LogP contribution < -0.4 is 11.1 Å². The Balaban J connectivity index is 1.74. The van der Waals surface area contributed by atoms with E-state index in [2.05, 4.69) is 26.1 Å². The number of nitrogens with one attached hydrogen (secondary N) is 1. The van der Waals surface area contributed by atoms with Gasteiger partial charge >= 0.3 is 0 Å². The van der Waals surface area contributed by atoms with Crippen LogP contribution in [-0.4, -0.2) is 18.5 Å². The Morgan fingerprint density at radius 3 is 2.52 bits per heavy atom. The van der Waals surface area contributed by atoms with Gasteiger partial charge in [0.2, 0.25) is 5.91 Å². The summed E-state index contributed by atoms with van der Waals surface area (Å²) >= 11 is 0. The highest BCUT2D eigenvalue weighted by molar-refractivity contribution is 5.79. The molecular formula is C18H34N2O. The monoisotopic (exact) mass is 294 g/mol. The minimum Gasteiger partial charge on any atom is -0.356 e. The van der Waals surface area contributed by atoms with Crippen LogP contribution in [0.3, 0.4) is 0 Å². The molecule has 1 amide bonds. The molecule has 122 valence electrons. The van der Waals surface area contributed by atoms with Crippen LogP contribution in [0.2, 0.25) is 0 Å². The first kappa shape index (κ1) is 16.8. The van der Waals surface area contributed by atoms with E-state index in [0.29, 0.717) is 5.92 Å². The Morgan fingerprint density at radius 2 is 1.86 bits per heavy atom. The summed E-state index contributed by atoms with van der Waals surface area (Å²) in [5.41, 5.74) is 6.18. The van der Waals surface area contributed by atoms with E-state index in [0.717, 1.165) is 31.7 Å². The van der Waals surface area contributed by atoms with Gasteiger partial charge in [0.05, 0.1) is 0 Å². The summed E-state index contributed by atoms with van der Waals surface area (Å²) in [4.78, 5) is 12.5. The molecule has 2 aliphatic carbocycles. The highest BCUT2D eigenvalue weighted by Gasteiger charge is 2.44. The van der Waals surface area contributed by atoms with Gasteiger partial charge in [-0.1, -0.05) is 46.5 Å². The average Bonchev–Trinajstić information content (AvgIpc) is 2.94. The largest absolute Gasteiger partial charge is 0.356 e. The van der Waals surface area contributed by atoms with Crippen LogP contribution in [0, 0.1) is 23.2 Å². The van der Waals surface area contributed by atoms with Crippen LogP contribution in [0.4, 0.5) is 0 Å². The van der Waals surface area contributed by atoms with Crippen molar-refractivity contribution in [2.75, 3.05) is 6.54 Å². The van der Waals surface area contributed by atoms with Crippen molar-refractivity contribution >= 4 is 5.91 Å². The lowest BCUT2D eigenvalue weighted by Gasteiger charge is -2.46. The maximum atomic E-state index is 12.5. The first-order valence-electron chi connectivity index (χ1n) is 8.96. The molecule has 0 heterocycles. The number of hydrogen-bond acceptors (Lipinski definition) is 2. The van der Waals surface area contributed by atoms with Gasteiger partial charge in [0.25, 0.3) is 0 Å². The minimum absolute atomic E-state index is 0.00715. The molecule has 2 fully saturated rings. The maximum Gasteiger partial charge on any atom is 0.223 e. The molecule has 3 N–H and O–H groups in total. The Bertz CT molecular complexity index is 347. The molecule has 0 aliphatic heterocycles. The first-order chi connectivity index (χ1) is 9.93. The molecule has 2 saturated carbocycles. The van der Waals surface area contributed by atoms with E-state index in [1.807, 2.05) is 0 Å². The standard InChI is InChI=1S/C18H34N2O/c1-13-16(19)11-10-15(18(13,2)3)17(21)20-12-6-9-14-7-4-5-8-14/h13-16H,4-12,19H2,1-3H3,(H,20,21). The lowest BCUT2D eigenvalue weighted by atomic mass is 9.61. The number of carbonyl (C=O) groups excluding carboxylic acids is 1. The predicted octanol–water partition coefficient (Wildman–Crippen LogP) is 3.47. The number of nitrogens with two attached hydrogens (primary N) is 1. The van der Waals surface area contributed by atoms with E-state index < -0.39 is 0 Å². The van der Waals surface area contributed by atoms with Gasteiger partial charge in [-0.3, -0.25) is 4.79 Å². The van der Waals surface area contributed by atoms with Crippen molar-refractivity contribution in [1.82, 2.24) is 5.32 Å². The third kappa shape index (κ3) is 4.00. The fraction of sp³-hybridized carbons (Fsp3) is 0.944. The highest BCUT2D eigenvalue weighted by Crippen LogP contribution is 2.44. The van der Waals surface area contributed by atoms with Crippen molar-refractivity contribution in [2.24, 2.45) is 28.9 Å². The van der Waals surface area contributed by atoms with Gasteiger partial charge in [0, 0.05) is 18.5 Å². The topological polar surface area (TPSA) is 55.1 Å². The van der Waals surface area contributed by atoms with Gasteiger partial charge in [0.1, 0.15) is 0 Å². The highest BCUT2D eigenvalue weighted by atomic mass is 16.1. The summed E-state index contributed by atoms with van der Waals surface area (Å²) in [5.74, 6) is 1.70. The number of rotatable bonds is 5. The van der Waals surface area contributed by atoms with Gasteiger partial charge in [0.15, 0.2) is 0 Å². The smallest absolute Gasteiger partial charge is 0.223 e. The Morgan fingerprint density at radius 1 is 1.19 bits per heavy atom. The molecule has 0 radical (unpaired) electrons. The molecule has 2 rings (SSSR count). The van der Waals surface area contributed by atoms with Gasteiger partial charge in [-0.25, -0.2) is 0 Å². The van der Waals surface area contributed by atoms with E-state index in [1.54, 1.807) is 0 Å². The molecule has 3 heteroatoms. The second-order valence-electron chi connectivity index (χ2n) is 7.99. The Hall–Kier alpha value is -0.570. The lowest BCUT2D eigenvalue weighted by molar-refractivity contribution is -0.132. The molecule has 0 aromatic heterocycles. The molecule has 2 aliphatic rings. The maximum absolute atomic E-state index is 12.5. The number of amides is 1. The fourth-order valence-electron chi connectivity index (χ4n) is 4.34. The van der Waals surface area contributed by atoms with Crippen molar-refractivity contribution in [3.8, 4) is 0 Å². The second-order valence-corrected chi connectivity index (χ2v) is 7.99. The molecule has 3 unspecified atom stereocenters. The first-order valence-corrected chi connectivity index (χ1v) is 8.96. The average molecular weight is 294 g/mol. The molecule has 0 aromatic rings. The molecule has 0 saturated heterocycles. The van der Waals surface area contributed by atoms with Gasteiger partial charge in [-0.05, 0) is 42.9 Å². The normalized spacial score (nSPS) is 33.0. The van der Waals surface area contributed by atoms with E-state index >= 15 is 0 Å². The molecule has 3 atom stereocenters. The summed E-state index contributed by atoms with van der Waals surface area (Å²) in [7, 11) is 0. The summed E-state index contributed by atoms with van der Waals surface area (Å²) in [5, 5.41) is 3.19. The summed E-state index contributed by atoms with van der Waals surface area (Å²) in [6.45, 7) is 7.46. The second kappa shape index (κ2) is 7.13. The molecule has 0 bridgehead atoms. The fourth-order valence-corrected chi connectivity index (χ4v) is 4.34. The van der Waals surface area contributed by atoms with Crippen molar-refractivity contribution in [2.45, 2.75) is 78.2 Å². The minimum atomic E-state index is 0.00715. The van der Waals surface area contributed by atoms with Crippen LogP contribution >= 0.6 is 0 Å². The quantitative estimate of drug-likeness (QED) is 0.763. The van der Waals surface area contributed by atoms with E-state index in [1.165, 1.54) is 32.1 Å². The predicted molar refractivity (Wildman–Crippen MR) is 87.8 cm³/mol. The zero-order chi connectivity index (χ0) is 15.5. The number of hydrogen-bond donors (Lipinski definition) is 2. The third-order valence-electron chi connectivity index (χ3n) is 6.38. The van der Waals surface area contributed by atoms with Crippen molar-refractivity contribution in [3.63, 3.8) is 0 Å². The zero-order valence-corrected chi connectivity index (χ0v) is 14.2. The van der Waals surface area contributed by atoms with E-state index in [4.69, 9.17) is 5.73 Å². The molecule has 3 nitrogen and oxygen atoms in total. The van der Waals surface area contributed by atoms with Crippen molar-refractivity contribution < 1.29 is 4.79 Å². The lowest BCUT2D eigenvalue weighted by Crippen LogP contribution is -2.51. The molecule has 0 aromatic carbocycles. The van der Waals surface area contributed by atoms with E-state index in [-0.39, 0.29) is 23.3 Å². The van der Waals surface area contributed by atoms with E-state index in [9.17, 15) is 4.79 Å². The summed E-state index contributed by atoms with van der Waals surface area (Å²) in [6.07, 6.45) is 9.96. The Labute approximate surface area is 130 Å². The van der Waals surface area contributed by atoms with Crippen molar-refractivity contribution in [3.05, 3.63) is 0 Å². The molecular weight excluding hydrogens is 260 g/mol. The Kier molecular flexibility index (Phi) is 5.70. The van der Waals surface area contributed by atoms with Crippen LogP contribution in [0.5, 0.6) is 0 Å². The molecule has 21 heavy (non-hydrogen) atoms. The van der Waals surface area contributed by atoms with Crippen LogP contribution in [0.25, 0.3) is 0 Å². The van der Waals surface area contributed by atoms with Gasteiger partial charge < -0.3 is 11.1 Å². The SMILES string of the molecule is CC1C(N)CCC(C(=O)NCCCC2CCCC2)C1(C)C. The summed E-state index contributed by atoms with van der Waals surface area (Å²) < 4.78 is 0. The third-order valence-corrected chi connectivity index (χ3v) is 6.38. The van der Waals surface area contributed by atoms with Crippen LogP contribution in [-0.2, 0) is 4.79 Å².